The summed E-state index contributed by atoms with van der Waals surface area (Å²) in [6, 6.07) is 6.65. The van der Waals surface area contributed by atoms with E-state index < -0.39 is 0 Å². The van der Waals surface area contributed by atoms with Crippen LogP contribution in [-0.2, 0) is 0 Å². The molecule has 0 fully saturated rings. The lowest BCUT2D eigenvalue weighted by Gasteiger charge is -2.15. The van der Waals surface area contributed by atoms with Gasteiger partial charge < -0.3 is 5.32 Å². The summed E-state index contributed by atoms with van der Waals surface area (Å²) in [4.78, 5) is 4.30. The van der Waals surface area contributed by atoms with Crippen molar-refractivity contribution >= 4 is 11.8 Å². The van der Waals surface area contributed by atoms with Crippen LogP contribution < -0.4 is 5.32 Å². The van der Waals surface area contributed by atoms with Gasteiger partial charge in [-0.1, -0.05) is 19.9 Å². The molecule has 0 aliphatic heterocycles. The summed E-state index contributed by atoms with van der Waals surface area (Å²) >= 11 is 1.82. The molecule has 15 heavy (non-hydrogen) atoms. The fourth-order valence-corrected chi connectivity index (χ4v) is 2.05. The molecule has 0 aromatic carbocycles. The van der Waals surface area contributed by atoms with Crippen molar-refractivity contribution in [3.63, 3.8) is 0 Å². The van der Waals surface area contributed by atoms with Gasteiger partial charge in [0, 0.05) is 24.0 Å². The van der Waals surface area contributed by atoms with Crippen molar-refractivity contribution in [3.8, 4) is 0 Å². The molecular weight excluding hydrogens is 204 g/mol. The molecule has 2 nitrogen and oxygen atoms in total. The number of hydrogen-bond donors (Lipinski definition) is 1. The van der Waals surface area contributed by atoms with E-state index in [-0.39, 0.29) is 0 Å². The molecular formula is C12H20N2S. The Bertz CT molecular complexity index is 264. The fourth-order valence-electron chi connectivity index (χ4n) is 1.18. The van der Waals surface area contributed by atoms with Gasteiger partial charge in [0.15, 0.2) is 0 Å². The molecule has 0 amide bonds. The normalized spacial score (nSPS) is 14.9. The van der Waals surface area contributed by atoms with E-state index in [2.05, 4.69) is 37.1 Å². The second-order valence-corrected chi connectivity index (χ2v) is 5.27. The number of nitrogens with one attached hydrogen (secondary N) is 1. The van der Waals surface area contributed by atoms with Gasteiger partial charge in [-0.05, 0) is 25.5 Å². The zero-order chi connectivity index (χ0) is 11.1. The first-order valence-electron chi connectivity index (χ1n) is 5.53. The van der Waals surface area contributed by atoms with E-state index in [0.717, 1.165) is 11.6 Å². The first-order chi connectivity index (χ1) is 7.22. The first-order valence-corrected chi connectivity index (χ1v) is 6.41. The van der Waals surface area contributed by atoms with Crippen molar-refractivity contribution in [2.24, 2.45) is 0 Å². The van der Waals surface area contributed by atoms with E-state index in [9.17, 15) is 0 Å². The predicted octanol–water partition coefficient (Wildman–Crippen LogP) is 2.95. The summed E-state index contributed by atoms with van der Waals surface area (Å²) in [7, 11) is 0. The number of hydrogen-bond acceptors (Lipinski definition) is 3. The lowest BCUT2D eigenvalue weighted by atomic mass is 10.2. The van der Waals surface area contributed by atoms with Crippen LogP contribution in [0.1, 0.15) is 27.2 Å². The SMILES string of the molecule is CCC(C)NCC(C)Sc1ccccn1. The van der Waals surface area contributed by atoms with Crippen molar-refractivity contribution in [2.45, 2.75) is 43.5 Å². The standard InChI is InChI=1S/C12H20N2S/c1-4-10(2)14-9-11(3)15-12-7-5-6-8-13-12/h5-8,10-11,14H,4,9H2,1-3H3. The van der Waals surface area contributed by atoms with Gasteiger partial charge >= 0.3 is 0 Å². The molecule has 1 N–H and O–H groups in total. The summed E-state index contributed by atoms with van der Waals surface area (Å²) in [5.41, 5.74) is 0. The van der Waals surface area contributed by atoms with Crippen LogP contribution >= 0.6 is 11.8 Å². The van der Waals surface area contributed by atoms with Crippen LogP contribution in [0.25, 0.3) is 0 Å². The molecule has 1 rings (SSSR count). The molecule has 0 radical (unpaired) electrons. The highest BCUT2D eigenvalue weighted by molar-refractivity contribution is 7.99. The molecule has 0 saturated heterocycles. The molecule has 3 heteroatoms. The number of rotatable bonds is 6. The van der Waals surface area contributed by atoms with E-state index in [4.69, 9.17) is 0 Å². The Morgan fingerprint density at radius 3 is 2.80 bits per heavy atom. The van der Waals surface area contributed by atoms with Crippen LogP contribution in [0.2, 0.25) is 0 Å². The van der Waals surface area contributed by atoms with Crippen LogP contribution in [0.3, 0.4) is 0 Å². The monoisotopic (exact) mass is 224 g/mol. The van der Waals surface area contributed by atoms with E-state index >= 15 is 0 Å². The van der Waals surface area contributed by atoms with Crippen LogP contribution in [0, 0.1) is 0 Å². The average Bonchev–Trinajstić information content (AvgIpc) is 2.27. The number of nitrogens with zero attached hydrogens (tertiary/aromatic N) is 1. The summed E-state index contributed by atoms with van der Waals surface area (Å²) in [6.45, 7) is 7.69. The van der Waals surface area contributed by atoms with Gasteiger partial charge in [-0.25, -0.2) is 4.98 Å². The topological polar surface area (TPSA) is 24.9 Å². The molecule has 1 aromatic rings. The summed E-state index contributed by atoms with van der Waals surface area (Å²) in [5, 5.41) is 5.17. The number of thioether (sulfide) groups is 1. The van der Waals surface area contributed by atoms with Gasteiger partial charge in [0.05, 0.1) is 5.03 Å². The van der Waals surface area contributed by atoms with Gasteiger partial charge in [-0.3, -0.25) is 0 Å². The van der Waals surface area contributed by atoms with Gasteiger partial charge in [0.25, 0.3) is 0 Å². The summed E-state index contributed by atoms with van der Waals surface area (Å²) in [6.07, 6.45) is 3.03. The molecule has 0 spiro atoms. The van der Waals surface area contributed by atoms with Gasteiger partial charge in [0.1, 0.15) is 0 Å². The Balaban J connectivity index is 2.27. The Morgan fingerprint density at radius 2 is 2.20 bits per heavy atom. The van der Waals surface area contributed by atoms with Crippen LogP contribution in [0.5, 0.6) is 0 Å². The quantitative estimate of drug-likeness (QED) is 0.752. The third-order valence-corrected chi connectivity index (χ3v) is 3.38. The maximum Gasteiger partial charge on any atom is 0.0962 e. The highest BCUT2D eigenvalue weighted by atomic mass is 32.2. The smallest absolute Gasteiger partial charge is 0.0962 e. The Labute approximate surface area is 96.9 Å². The van der Waals surface area contributed by atoms with Gasteiger partial charge in [-0.15, -0.1) is 11.8 Å². The van der Waals surface area contributed by atoms with Crippen LogP contribution in [-0.4, -0.2) is 22.8 Å². The summed E-state index contributed by atoms with van der Waals surface area (Å²) < 4.78 is 0. The third kappa shape index (κ3) is 5.19. The Kier molecular flexibility index (Phi) is 5.73. The lowest BCUT2D eigenvalue weighted by Crippen LogP contribution is -2.30. The van der Waals surface area contributed by atoms with E-state index in [0.29, 0.717) is 11.3 Å². The number of aromatic nitrogens is 1. The van der Waals surface area contributed by atoms with Crippen LogP contribution in [0.4, 0.5) is 0 Å². The molecule has 84 valence electrons. The zero-order valence-corrected chi connectivity index (χ0v) is 10.6. The van der Waals surface area contributed by atoms with Crippen molar-refractivity contribution in [3.05, 3.63) is 24.4 Å². The van der Waals surface area contributed by atoms with E-state index in [1.54, 1.807) is 0 Å². The van der Waals surface area contributed by atoms with Crippen molar-refractivity contribution in [1.29, 1.82) is 0 Å². The molecule has 0 bridgehead atoms. The zero-order valence-electron chi connectivity index (χ0n) is 9.73. The summed E-state index contributed by atoms with van der Waals surface area (Å²) in [5.74, 6) is 0. The molecule has 0 aliphatic rings. The maximum atomic E-state index is 4.30. The van der Waals surface area contributed by atoms with E-state index in [1.807, 2.05) is 30.1 Å². The second kappa shape index (κ2) is 6.85. The Hall–Kier alpha value is -0.540. The molecule has 0 saturated carbocycles. The largest absolute Gasteiger partial charge is 0.313 e. The van der Waals surface area contributed by atoms with Crippen LogP contribution in [0.15, 0.2) is 29.4 Å². The molecule has 0 aliphatic carbocycles. The Morgan fingerprint density at radius 1 is 1.40 bits per heavy atom. The minimum absolute atomic E-state index is 0.564. The van der Waals surface area contributed by atoms with Gasteiger partial charge in [0.2, 0.25) is 0 Å². The average molecular weight is 224 g/mol. The lowest BCUT2D eigenvalue weighted by molar-refractivity contribution is 0.537. The maximum absolute atomic E-state index is 4.30. The molecule has 1 heterocycles. The molecule has 2 unspecified atom stereocenters. The van der Waals surface area contributed by atoms with Crippen molar-refractivity contribution in [2.75, 3.05) is 6.54 Å². The fraction of sp³-hybridized carbons (Fsp3) is 0.583. The van der Waals surface area contributed by atoms with Gasteiger partial charge in [-0.2, -0.15) is 0 Å². The minimum Gasteiger partial charge on any atom is -0.313 e. The number of pyridine rings is 1. The second-order valence-electron chi connectivity index (χ2n) is 3.81. The highest BCUT2D eigenvalue weighted by Crippen LogP contribution is 2.19. The first kappa shape index (κ1) is 12.5. The van der Waals surface area contributed by atoms with E-state index in [1.165, 1.54) is 6.42 Å². The molecule has 1 aromatic heterocycles. The predicted molar refractivity (Wildman–Crippen MR) is 67.3 cm³/mol. The van der Waals surface area contributed by atoms with Crippen molar-refractivity contribution in [1.82, 2.24) is 10.3 Å². The van der Waals surface area contributed by atoms with Crippen molar-refractivity contribution < 1.29 is 0 Å². The third-order valence-electron chi connectivity index (χ3n) is 2.33. The minimum atomic E-state index is 0.564. The molecule has 2 atom stereocenters. The highest BCUT2D eigenvalue weighted by Gasteiger charge is 2.06.